The number of carbonyl (C=O) groups is 1. The number of halogens is 1. The van der Waals surface area contributed by atoms with Gasteiger partial charge < -0.3 is 15.8 Å². The summed E-state index contributed by atoms with van der Waals surface area (Å²) < 4.78 is 18.1. The van der Waals surface area contributed by atoms with Gasteiger partial charge in [-0.2, -0.15) is 0 Å². The molecule has 3 N–H and O–H groups in total. The number of pyridine rings is 1. The summed E-state index contributed by atoms with van der Waals surface area (Å²) in [5.74, 6) is -0.185. The van der Waals surface area contributed by atoms with Gasteiger partial charge in [0.05, 0.1) is 5.69 Å². The minimum Gasteiger partial charge on any atom is -0.396 e. The molecule has 2 aromatic rings. The lowest BCUT2D eigenvalue weighted by atomic mass is 10.0. The number of nitrogens with one attached hydrogen (secondary N) is 1. The summed E-state index contributed by atoms with van der Waals surface area (Å²) in [5.41, 5.74) is 7.47. The molecule has 0 saturated carbocycles. The summed E-state index contributed by atoms with van der Waals surface area (Å²) in [4.78, 5) is 15.5. The zero-order valence-corrected chi connectivity index (χ0v) is 12.3. The molecule has 116 valence electrons. The number of methoxy groups -OCH3 is 1. The van der Waals surface area contributed by atoms with Gasteiger partial charge in [-0.25, -0.2) is 9.37 Å². The van der Waals surface area contributed by atoms with Crippen molar-refractivity contribution in [2.24, 2.45) is 0 Å². The molecular formula is C16H18FN3O2. The summed E-state index contributed by atoms with van der Waals surface area (Å²) in [6.45, 7) is -0.0172. The number of amides is 1. The molecular weight excluding hydrogens is 285 g/mol. The molecule has 0 aliphatic rings. The first kappa shape index (κ1) is 15.9. The van der Waals surface area contributed by atoms with E-state index < -0.39 is 5.82 Å². The van der Waals surface area contributed by atoms with E-state index in [-0.39, 0.29) is 18.2 Å². The minimum atomic E-state index is -0.403. The summed E-state index contributed by atoms with van der Waals surface area (Å²) in [7, 11) is 1.45. The highest BCUT2D eigenvalue weighted by Gasteiger charge is 2.05. The molecule has 0 atom stereocenters. The molecule has 22 heavy (non-hydrogen) atoms. The smallest absolute Gasteiger partial charge is 0.251 e. The fourth-order valence-electron chi connectivity index (χ4n) is 2.02. The zero-order chi connectivity index (χ0) is 15.9. The van der Waals surface area contributed by atoms with Crippen LogP contribution in [0.1, 0.15) is 11.1 Å². The highest BCUT2D eigenvalue weighted by molar-refractivity contribution is 5.90. The molecule has 0 bridgehead atoms. The lowest BCUT2D eigenvalue weighted by molar-refractivity contribution is -0.119. The first-order chi connectivity index (χ1) is 10.6. The van der Waals surface area contributed by atoms with Crippen LogP contribution in [0.4, 0.5) is 15.9 Å². The quantitative estimate of drug-likeness (QED) is 0.802. The van der Waals surface area contributed by atoms with Crippen molar-refractivity contribution in [1.29, 1.82) is 0 Å². The van der Waals surface area contributed by atoms with Crippen LogP contribution in [0.15, 0.2) is 36.5 Å². The van der Waals surface area contributed by atoms with Crippen molar-refractivity contribution in [3.8, 4) is 0 Å². The van der Waals surface area contributed by atoms with Gasteiger partial charge >= 0.3 is 0 Å². The van der Waals surface area contributed by atoms with Crippen molar-refractivity contribution in [3.63, 3.8) is 0 Å². The Hall–Kier alpha value is -2.47. The second-order valence-electron chi connectivity index (χ2n) is 4.89. The number of carbonyl (C=O) groups excluding carboxylic acids is 1. The molecule has 0 saturated heterocycles. The molecule has 5 nitrogen and oxygen atoms in total. The van der Waals surface area contributed by atoms with Crippen LogP contribution in [0, 0.1) is 5.82 Å². The number of aromatic nitrogens is 1. The fraction of sp³-hybridized carbons (Fsp3) is 0.250. The highest BCUT2D eigenvalue weighted by Crippen LogP contribution is 2.15. The van der Waals surface area contributed by atoms with E-state index in [0.29, 0.717) is 18.7 Å². The monoisotopic (exact) mass is 303 g/mol. The van der Waals surface area contributed by atoms with E-state index in [4.69, 9.17) is 10.5 Å². The molecule has 0 radical (unpaired) electrons. The third kappa shape index (κ3) is 4.53. The Morgan fingerprint density at radius 1 is 1.27 bits per heavy atom. The van der Waals surface area contributed by atoms with Crippen LogP contribution in [-0.2, 0) is 22.4 Å². The number of nitrogens with zero attached hydrogens (tertiary/aromatic N) is 1. The Kier molecular flexibility index (Phi) is 5.43. The molecule has 6 heteroatoms. The number of nitrogens with two attached hydrogens (primary N) is 1. The van der Waals surface area contributed by atoms with E-state index in [2.05, 4.69) is 10.3 Å². The lowest BCUT2D eigenvalue weighted by Crippen LogP contribution is -2.17. The normalized spacial score (nSPS) is 10.5. The second-order valence-corrected chi connectivity index (χ2v) is 4.89. The van der Waals surface area contributed by atoms with Gasteiger partial charge in [-0.05, 0) is 48.2 Å². The zero-order valence-electron chi connectivity index (χ0n) is 12.3. The Morgan fingerprint density at radius 3 is 2.68 bits per heavy atom. The van der Waals surface area contributed by atoms with Gasteiger partial charge in [-0.15, -0.1) is 0 Å². The molecule has 1 aromatic carbocycles. The maximum absolute atomic E-state index is 13.4. The number of anilines is 2. The van der Waals surface area contributed by atoms with Crippen LogP contribution in [0.3, 0.4) is 0 Å². The van der Waals surface area contributed by atoms with Crippen LogP contribution in [0.25, 0.3) is 0 Å². The number of ether oxygens (including phenoxy) is 1. The number of benzene rings is 1. The van der Waals surface area contributed by atoms with E-state index in [0.717, 1.165) is 11.1 Å². The summed E-state index contributed by atoms with van der Waals surface area (Å²) in [6.07, 6.45) is 3.01. The Bertz CT molecular complexity index is 662. The Labute approximate surface area is 128 Å². The van der Waals surface area contributed by atoms with Crippen LogP contribution in [0.2, 0.25) is 0 Å². The molecule has 0 fully saturated rings. The van der Waals surface area contributed by atoms with Gasteiger partial charge in [0, 0.05) is 13.3 Å². The number of aryl methyl sites for hydroxylation is 2. The maximum atomic E-state index is 13.4. The first-order valence-corrected chi connectivity index (χ1v) is 6.86. The standard InChI is InChI=1S/C16H18FN3O2/c1-22-10-16(21)20-15-9-12(6-7-19-15)3-2-11-4-5-14(18)13(17)8-11/h4-9H,2-3,10,18H2,1H3,(H,19,20,21). The average molecular weight is 303 g/mol. The van der Waals surface area contributed by atoms with E-state index in [9.17, 15) is 9.18 Å². The molecule has 2 rings (SSSR count). The summed E-state index contributed by atoms with van der Waals surface area (Å²) in [5, 5.41) is 2.65. The third-order valence-corrected chi connectivity index (χ3v) is 3.13. The van der Waals surface area contributed by atoms with Crippen molar-refractivity contribution >= 4 is 17.4 Å². The average Bonchev–Trinajstić information content (AvgIpc) is 2.49. The number of hydrogen-bond acceptors (Lipinski definition) is 4. The summed E-state index contributed by atoms with van der Waals surface area (Å²) >= 11 is 0. The number of hydrogen-bond donors (Lipinski definition) is 2. The predicted molar refractivity (Wildman–Crippen MR) is 83.0 cm³/mol. The van der Waals surface area contributed by atoms with Gasteiger partial charge in [0.15, 0.2) is 0 Å². The summed E-state index contributed by atoms with van der Waals surface area (Å²) in [6, 6.07) is 8.47. The number of nitrogen functional groups attached to an aromatic ring is 1. The topological polar surface area (TPSA) is 77.2 Å². The van der Waals surface area contributed by atoms with Crippen molar-refractivity contribution in [1.82, 2.24) is 4.98 Å². The van der Waals surface area contributed by atoms with E-state index in [1.807, 2.05) is 6.07 Å². The van der Waals surface area contributed by atoms with Crippen molar-refractivity contribution in [2.45, 2.75) is 12.8 Å². The van der Waals surface area contributed by atoms with Gasteiger partial charge in [-0.3, -0.25) is 4.79 Å². The van der Waals surface area contributed by atoms with Crippen LogP contribution >= 0.6 is 0 Å². The first-order valence-electron chi connectivity index (χ1n) is 6.86. The van der Waals surface area contributed by atoms with Crippen molar-refractivity contribution in [2.75, 3.05) is 24.8 Å². The number of rotatable bonds is 6. The second kappa shape index (κ2) is 7.51. The Morgan fingerprint density at radius 2 is 2.00 bits per heavy atom. The maximum Gasteiger partial charge on any atom is 0.251 e. The molecule has 0 aliphatic heterocycles. The largest absolute Gasteiger partial charge is 0.396 e. The van der Waals surface area contributed by atoms with Gasteiger partial charge in [0.25, 0.3) is 5.91 Å². The van der Waals surface area contributed by atoms with Crippen molar-refractivity contribution < 1.29 is 13.9 Å². The lowest BCUT2D eigenvalue weighted by Gasteiger charge is -2.07. The van der Waals surface area contributed by atoms with Gasteiger partial charge in [-0.1, -0.05) is 6.07 Å². The van der Waals surface area contributed by atoms with E-state index in [1.54, 1.807) is 24.4 Å². The Balaban J connectivity index is 1.98. The van der Waals surface area contributed by atoms with E-state index >= 15 is 0 Å². The SMILES string of the molecule is COCC(=O)Nc1cc(CCc2ccc(N)c(F)c2)ccn1. The molecule has 1 heterocycles. The fourth-order valence-corrected chi connectivity index (χ4v) is 2.02. The van der Waals surface area contributed by atoms with Crippen molar-refractivity contribution in [3.05, 3.63) is 53.5 Å². The van der Waals surface area contributed by atoms with E-state index in [1.165, 1.54) is 13.2 Å². The van der Waals surface area contributed by atoms with Gasteiger partial charge in [0.2, 0.25) is 0 Å². The highest BCUT2D eigenvalue weighted by atomic mass is 19.1. The van der Waals surface area contributed by atoms with Crippen LogP contribution in [0.5, 0.6) is 0 Å². The molecule has 1 aromatic heterocycles. The third-order valence-electron chi connectivity index (χ3n) is 3.13. The van der Waals surface area contributed by atoms with Crippen LogP contribution in [-0.4, -0.2) is 24.6 Å². The molecule has 0 unspecified atom stereocenters. The molecule has 1 amide bonds. The molecule has 0 spiro atoms. The predicted octanol–water partition coefficient (Wildman–Crippen LogP) is 2.17. The molecule has 0 aliphatic carbocycles. The van der Waals surface area contributed by atoms with Crippen LogP contribution < -0.4 is 11.1 Å². The van der Waals surface area contributed by atoms with Gasteiger partial charge in [0.1, 0.15) is 18.2 Å². The minimum absolute atomic E-state index is 0.0172.